The molecule has 5 heteroatoms. The minimum atomic E-state index is -5.01. The van der Waals surface area contributed by atoms with E-state index in [1.165, 1.54) is 0 Å². The second-order valence-electron chi connectivity index (χ2n) is 1.88. The Morgan fingerprint density at radius 2 is 2.33 bits per heavy atom. The van der Waals surface area contributed by atoms with Gasteiger partial charge in [0, 0.05) is 20.5 Å². The molecule has 0 radical (unpaired) electrons. The summed E-state index contributed by atoms with van der Waals surface area (Å²) in [4.78, 5) is 3.09. The van der Waals surface area contributed by atoms with Gasteiger partial charge in [-0.3, -0.25) is 4.98 Å². The number of aromatic nitrogens is 1. The Morgan fingerprint density at radius 1 is 1.67 bits per heavy atom. The number of hydrogen-bond donors (Lipinski definition) is 0. The molecule has 0 fully saturated rings. The van der Waals surface area contributed by atoms with Crippen molar-refractivity contribution >= 4 is 15.9 Å². The molecule has 1 aromatic heterocycles. The fourth-order valence-corrected chi connectivity index (χ4v) is 0.850. The van der Waals surface area contributed by atoms with Crippen molar-refractivity contribution in [2.45, 2.75) is 13.0 Å². The standard InChI is InChI=1S/C7H5BrF3N/c1-4-6(7(9,10)11)2-5(8)3-12-4/h2-3H,1H3/i1D3,2D,3D. The van der Waals surface area contributed by atoms with Crippen LogP contribution in [-0.4, -0.2) is 4.98 Å². The monoisotopic (exact) mass is 244 g/mol. The average molecular weight is 245 g/mol. The molecule has 0 aliphatic heterocycles. The van der Waals surface area contributed by atoms with Crippen LogP contribution in [0.15, 0.2) is 16.7 Å². The molecule has 1 aromatic rings. The zero-order valence-corrected chi connectivity index (χ0v) is 7.05. The minimum Gasteiger partial charge on any atom is -0.260 e. The van der Waals surface area contributed by atoms with Crippen molar-refractivity contribution in [3.8, 4) is 0 Å². The molecule has 0 saturated heterocycles. The van der Waals surface area contributed by atoms with E-state index in [-0.39, 0.29) is 0 Å². The largest absolute Gasteiger partial charge is 0.418 e. The van der Waals surface area contributed by atoms with Gasteiger partial charge < -0.3 is 0 Å². The van der Waals surface area contributed by atoms with Crippen LogP contribution in [0.25, 0.3) is 0 Å². The highest BCUT2D eigenvalue weighted by molar-refractivity contribution is 9.10. The predicted molar refractivity (Wildman–Crippen MR) is 41.7 cm³/mol. The van der Waals surface area contributed by atoms with Crippen LogP contribution in [0.1, 0.15) is 18.1 Å². The Kier molecular flexibility index (Phi) is 1.17. The molecule has 1 rings (SSSR count). The van der Waals surface area contributed by atoms with E-state index in [0.29, 0.717) is 0 Å². The van der Waals surface area contributed by atoms with Crippen molar-refractivity contribution in [2.75, 3.05) is 0 Å². The molecule has 1 nitrogen and oxygen atoms in total. The molecular formula is C7H5BrF3N. The number of alkyl halides is 3. The van der Waals surface area contributed by atoms with Gasteiger partial charge in [-0.15, -0.1) is 0 Å². The fraction of sp³-hybridized carbons (Fsp3) is 0.286. The molecule has 1 heterocycles. The molecule has 0 saturated carbocycles. The average Bonchev–Trinajstić information content (AvgIpc) is 2.09. The fourth-order valence-electron chi connectivity index (χ4n) is 0.563. The van der Waals surface area contributed by atoms with Crippen LogP contribution in [0.3, 0.4) is 0 Å². The van der Waals surface area contributed by atoms with Gasteiger partial charge in [0.25, 0.3) is 0 Å². The first-order chi connectivity index (χ1) is 7.46. The van der Waals surface area contributed by atoms with Crippen LogP contribution in [-0.2, 0) is 6.18 Å². The molecule has 0 spiro atoms. The zero-order valence-electron chi connectivity index (χ0n) is 10.5. The lowest BCUT2D eigenvalue weighted by atomic mass is 10.2. The third-order valence-corrected chi connectivity index (χ3v) is 1.40. The lowest BCUT2D eigenvalue weighted by molar-refractivity contribution is -0.138. The maximum absolute atomic E-state index is 12.7. The van der Waals surface area contributed by atoms with Gasteiger partial charge in [0.05, 0.1) is 8.30 Å². The molecule has 66 valence electrons. The summed E-state index contributed by atoms with van der Waals surface area (Å²) in [5, 5.41) is 0. The third-order valence-electron chi connectivity index (χ3n) is 1.02. The van der Waals surface area contributed by atoms with E-state index in [1.54, 1.807) is 0 Å². The highest BCUT2D eigenvalue weighted by Gasteiger charge is 2.32. The molecule has 0 aliphatic rings. The summed E-state index contributed by atoms with van der Waals surface area (Å²) in [5.74, 6) is 0. The Balaban J connectivity index is 3.71. The molecule has 0 bridgehead atoms. The van der Waals surface area contributed by atoms with E-state index in [4.69, 9.17) is 6.85 Å². The summed E-state index contributed by atoms with van der Waals surface area (Å²) in [6, 6.07) is -1.09. The number of nitrogens with zero attached hydrogens (tertiary/aromatic N) is 1. The maximum atomic E-state index is 12.7. The van der Waals surface area contributed by atoms with Gasteiger partial charge >= 0.3 is 6.18 Å². The third kappa shape index (κ3) is 1.97. The molecule has 0 aliphatic carbocycles. The van der Waals surface area contributed by atoms with Gasteiger partial charge in [0.15, 0.2) is 0 Å². The second-order valence-corrected chi connectivity index (χ2v) is 2.68. The maximum Gasteiger partial charge on any atom is 0.418 e. The predicted octanol–water partition coefficient (Wildman–Crippen LogP) is 3.17. The van der Waals surface area contributed by atoms with E-state index >= 15 is 0 Å². The first-order valence-electron chi connectivity index (χ1n) is 5.20. The van der Waals surface area contributed by atoms with Crippen LogP contribution in [0, 0.1) is 6.85 Å². The van der Waals surface area contributed by atoms with E-state index in [2.05, 4.69) is 20.9 Å². The van der Waals surface area contributed by atoms with Crippen molar-refractivity contribution in [1.82, 2.24) is 4.98 Å². The molecule has 0 amide bonds. The van der Waals surface area contributed by atoms with Crippen LogP contribution in [0.4, 0.5) is 13.2 Å². The van der Waals surface area contributed by atoms with Crippen molar-refractivity contribution in [1.29, 1.82) is 0 Å². The molecule has 12 heavy (non-hydrogen) atoms. The normalized spacial score (nSPS) is 18.8. The Bertz CT molecular complexity index is 456. The van der Waals surface area contributed by atoms with E-state index in [9.17, 15) is 13.2 Å². The van der Waals surface area contributed by atoms with Crippen LogP contribution in [0.2, 0.25) is 0 Å². The number of rotatable bonds is 0. The number of pyridine rings is 1. The number of aryl methyl sites for hydroxylation is 1. The first kappa shape index (κ1) is 4.60. The summed E-state index contributed by atoms with van der Waals surface area (Å²) in [5.41, 5.74) is -2.91. The summed E-state index contributed by atoms with van der Waals surface area (Å²) in [6.45, 7) is -3.13. The van der Waals surface area contributed by atoms with Gasteiger partial charge in [-0.25, -0.2) is 0 Å². The van der Waals surface area contributed by atoms with Gasteiger partial charge in [-0.05, 0) is 28.8 Å². The molecule has 0 unspecified atom stereocenters. The van der Waals surface area contributed by atoms with Gasteiger partial charge in [-0.1, -0.05) is 0 Å². The van der Waals surface area contributed by atoms with Crippen LogP contribution in [0.5, 0.6) is 0 Å². The highest BCUT2D eigenvalue weighted by atomic mass is 79.9. The zero-order chi connectivity index (χ0) is 13.6. The van der Waals surface area contributed by atoms with Gasteiger partial charge in [0.1, 0.15) is 0 Å². The quantitative estimate of drug-likeness (QED) is 0.684. The van der Waals surface area contributed by atoms with Crippen LogP contribution >= 0.6 is 15.9 Å². The van der Waals surface area contributed by atoms with Gasteiger partial charge in [0.2, 0.25) is 0 Å². The second kappa shape index (κ2) is 3.05. The van der Waals surface area contributed by atoms with E-state index < -0.39 is 41.0 Å². The smallest absolute Gasteiger partial charge is 0.260 e. The Hall–Kier alpha value is -0.580. The molecule has 0 aromatic carbocycles. The summed E-state index contributed by atoms with van der Waals surface area (Å²) in [6.07, 6.45) is -5.72. The number of hydrogen-bond acceptors (Lipinski definition) is 1. The van der Waals surface area contributed by atoms with Crippen molar-refractivity contribution in [3.63, 3.8) is 0 Å². The van der Waals surface area contributed by atoms with Crippen molar-refractivity contribution in [2.24, 2.45) is 0 Å². The lowest BCUT2D eigenvalue weighted by Crippen LogP contribution is -2.08. The highest BCUT2D eigenvalue weighted by Crippen LogP contribution is 2.32. The van der Waals surface area contributed by atoms with Crippen molar-refractivity contribution in [3.05, 3.63) is 27.9 Å². The van der Waals surface area contributed by atoms with Gasteiger partial charge in [-0.2, -0.15) is 13.2 Å². The first-order valence-corrected chi connectivity index (χ1v) is 3.50. The van der Waals surface area contributed by atoms with Crippen LogP contribution < -0.4 is 0 Å². The SMILES string of the molecule is [2H]c1nc(C([2H])([2H])[2H])c(C(F)(F)F)c([2H])c1Br. The summed E-state index contributed by atoms with van der Waals surface area (Å²) >= 11 is 2.60. The Morgan fingerprint density at radius 3 is 2.83 bits per heavy atom. The van der Waals surface area contributed by atoms with E-state index in [1.807, 2.05) is 0 Å². The molecular weight excluding hydrogens is 235 g/mol. The molecule has 0 atom stereocenters. The summed E-state index contributed by atoms with van der Waals surface area (Å²) in [7, 11) is 0. The molecule has 0 N–H and O–H groups in total. The minimum absolute atomic E-state index is 0.488. The lowest BCUT2D eigenvalue weighted by Gasteiger charge is -2.08. The topological polar surface area (TPSA) is 12.9 Å². The van der Waals surface area contributed by atoms with E-state index in [0.717, 1.165) is 0 Å². The Labute approximate surface area is 82.8 Å². The number of halogens is 4. The van der Waals surface area contributed by atoms with Crippen molar-refractivity contribution < 1.29 is 20.0 Å². The summed E-state index contributed by atoms with van der Waals surface area (Å²) < 4.78 is 72.8.